The Bertz CT molecular complexity index is 160. The van der Waals surface area contributed by atoms with Crippen LogP contribution in [0.5, 0.6) is 0 Å². The van der Waals surface area contributed by atoms with Gasteiger partial charge in [-0.2, -0.15) is 0 Å². The van der Waals surface area contributed by atoms with Crippen LogP contribution in [0.2, 0.25) is 0 Å². The van der Waals surface area contributed by atoms with Gasteiger partial charge in [0.25, 0.3) is 0 Å². The smallest absolute Gasteiger partial charge is 0.746 e. The molecule has 0 aromatic carbocycles. The molecule has 1 atom stereocenters. The van der Waals surface area contributed by atoms with Crippen LogP contribution in [-0.4, -0.2) is 25.5 Å². The summed E-state index contributed by atoms with van der Waals surface area (Å²) in [6.45, 7) is 1.57. The third-order valence-electron chi connectivity index (χ3n) is 0.918. The van der Waals surface area contributed by atoms with Crippen molar-refractivity contribution in [2.45, 2.75) is 18.8 Å². The zero-order valence-electron chi connectivity index (χ0n) is 6.33. The fourth-order valence-corrected chi connectivity index (χ4v) is 1.13. The van der Waals surface area contributed by atoms with Crippen LogP contribution in [-0.2, 0) is 14.9 Å². The van der Waals surface area contributed by atoms with Gasteiger partial charge in [0.1, 0.15) is 15.6 Å². The predicted molar refractivity (Wildman–Crippen MR) is 30.8 cm³/mol. The van der Waals surface area contributed by atoms with Crippen LogP contribution in [0.25, 0.3) is 0 Å². The molecule has 0 aromatic heterocycles. The Hall–Kier alpha value is 0.870. The van der Waals surface area contributed by atoms with E-state index in [2.05, 4.69) is 4.74 Å². The van der Waals surface area contributed by atoms with Gasteiger partial charge in [-0.3, -0.25) is 0 Å². The van der Waals surface area contributed by atoms with Gasteiger partial charge < -0.3 is 9.29 Å². The Morgan fingerprint density at radius 2 is 2.00 bits per heavy atom. The van der Waals surface area contributed by atoms with Gasteiger partial charge in [0.2, 0.25) is 0 Å². The molecule has 0 fully saturated rings. The maximum Gasteiger partial charge on any atom is 1.00 e. The van der Waals surface area contributed by atoms with Crippen molar-refractivity contribution in [1.82, 2.24) is 0 Å². The summed E-state index contributed by atoms with van der Waals surface area (Å²) in [5, 5.41) is 0. The summed E-state index contributed by atoms with van der Waals surface area (Å²) < 4.78 is 34.7. The Morgan fingerprint density at radius 1 is 1.60 bits per heavy atom. The summed E-state index contributed by atoms with van der Waals surface area (Å²) in [7, 11) is -3.04. The van der Waals surface area contributed by atoms with Gasteiger partial charge >= 0.3 is 29.6 Å². The second-order valence-corrected chi connectivity index (χ2v) is 3.08. The van der Waals surface area contributed by atoms with E-state index in [0.717, 1.165) is 0 Å². The fraction of sp³-hybridized carbons (Fsp3) is 1.00. The van der Waals surface area contributed by atoms with Crippen LogP contribution >= 0.6 is 0 Å². The number of rotatable bonds is 3. The molecule has 0 saturated heterocycles. The van der Waals surface area contributed by atoms with Crippen LogP contribution in [0, 0.1) is 0 Å². The summed E-state index contributed by atoms with van der Waals surface area (Å²) >= 11 is 0. The van der Waals surface area contributed by atoms with Gasteiger partial charge in [0.15, 0.2) is 0 Å². The Labute approximate surface area is 83.0 Å². The van der Waals surface area contributed by atoms with Crippen LogP contribution in [0.3, 0.4) is 0 Å². The molecule has 0 radical (unpaired) electrons. The first-order chi connectivity index (χ1) is 4.02. The van der Waals surface area contributed by atoms with Crippen molar-refractivity contribution < 1.29 is 47.3 Å². The molecule has 56 valence electrons. The topological polar surface area (TPSA) is 66.4 Å². The molecule has 10 heavy (non-hydrogen) atoms. The normalized spacial score (nSPS) is 13.9. The molecule has 0 aliphatic carbocycles. The number of methoxy groups -OCH3 is 1. The summed E-state index contributed by atoms with van der Waals surface area (Å²) in [5.74, 6) is 0. The van der Waals surface area contributed by atoms with Crippen molar-refractivity contribution >= 4 is 10.1 Å². The van der Waals surface area contributed by atoms with Crippen LogP contribution in [0.1, 0.15) is 13.3 Å². The van der Waals surface area contributed by atoms with Gasteiger partial charge in [-0.1, -0.05) is 6.92 Å². The van der Waals surface area contributed by atoms with E-state index in [9.17, 15) is 13.0 Å². The minimum Gasteiger partial charge on any atom is -0.746 e. The van der Waals surface area contributed by atoms with Crippen molar-refractivity contribution in [2.75, 3.05) is 7.11 Å². The van der Waals surface area contributed by atoms with Crippen LogP contribution in [0.15, 0.2) is 0 Å². The minimum absolute atomic E-state index is 0. The molecule has 6 heteroatoms. The van der Waals surface area contributed by atoms with Gasteiger partial charge in [-0.15, -0.1) is 0 Å². The molecule has 4 nitrogen and oxygen atoms in total. The first-order valence-electron chi connectivity index (χ1n) is 2.50. The molecule has 0 bridgehead atoms. The SMILES string of the molecule is CCC(OC)S(=O)(=O)[O-].[Na+]. The zero-order chi connectivity index (χ0) is 7.49. The first kappa shape index (κ1) is 13.5. The van der Waals surface area contributed by atoms with Gasteiger partial charge in [0, 0.05) is 7.11 Å². The van der Waals surface area contributed by atoms with Crippen molar-refractivity contribution in [3.05, 3.63) is 0 Å². The largest absolute Gasteiger partial charge is 1.00 e. The zero-order valence-corrected chi connectivity index (χ0v) is 9.14. The van der Waals surface area contributed by atoms with E-state index < -0.39 is 15.6 Å². The summed E-state index contributed by atoms with van der Waals surface area (Å²) in [6.07, 6.45) is 0.197. The molecule has 1 unspecified atom stereocenters. The second-order valence-electron chi connectivity index (χ2n) is 1.57. The van der Waals surface area contributed by atoms with Gasteiger partial charge in [-0.25, -0.2) is 8.42 Å². The monoisotopic (exact) mass is 176 g/mol. The summed E-state index contributed by atoms with van der Waals surface area (Å²) in [5.41, 5.74) is -1.18. The molecule has 0 heterocycles. The minimum atomic E-state index is -4.24. The van der Waals surface area contributed by atoms with E-state index in [0.29, 0.717) is 0 Å². The Kier molecular flexibility index (Phi) is 7.42. The molecule has 0 amide bonds. The van der Waals surface area contributed by atoms with Crippen molar-refractivity contribution in [3.8, 4) is 0 Å². The molecular formula is C4H9NaO4S. The van der Waals surface area contributed by atoms with Crippen molar-refractivity contribution in [3.63, 3.8) is 0 Å². The maximum atomic E-state index is 10.1. The van der Waals surface area contributed by atoms with Crippen molar-refractivity contribution in [2.24, 2.45) is 0 Å². The third-order valence-corrected chi connectivity index (χ3v) is 2.09. The van der Waals surface area contributed by atoms with Crippen LogP contribution in [0.4, 0.5) is 0 Å². The quantitative estimate of drug-likeness (QED) is 0.338. The molecule has 0 saturated carbocycles. The van der Waals surface area contributed by atoms with Gasteiger partial charge in [-0.05, 0) is 6.42 Å². The van der Waals surface area contributed by atoms with Crippen molar-refractivity contribution in [1.29, 1.82) is 0 Å². The van der Waals surface area contributed by atoms with E-state index in [-0.39, 0.29) is 36.0 Å². The fourth-order valence-electron chi connectivity index (χ4n) is 0.489. The van der Waals surface area contributed by atoms with Gasteiger partial charge in [0.05, 0.1) is 0 Å². The van der Waals surface area contributed by atoms with E-state index in [4.69, 9.17) is 0 Å². The molecule has 0 spiro atoms. The average Bonchev–Trinajstić information content (AvgIpc) is 1.65. The number of hydrogen-bond acceptors (Lipinski definition) is 4. The third kappa shape index (κ3) is 4.65. The Balaban J connectivity index is 0. The van der Waals surface area contributed by atoms with E-state index >= 15 is 0 Å². The number of hydrogen-bond donors (Lipinski definition) is 0. The van der Waals surface area contributed by atoms with E-state index in [1.807, 2.05) is 0 Å². The predicted octanol–water partition coefficient (Wildman–Crippen LogP) is -3.08. The number of ether oxygens (including phenoxy) is 1. The molecule has 0 aliphatic heterocycles. The average molecular weight is 176 g/mol. The van der Waals surface area contributed by atoms with E-state index in [1.54, 1.807) is 6.92 Å². The Morgan fingerprint density at radius 3 is 2.00 bits per heavy atom. The molecular weight excluding hydrogens is 167 g/mol. The first-order valence-corrected chi connectivity index (χ1v) is 3.97. The summed E-state index contributed by atoms with van der Waals surface area (Å²) in [6, 6.07) is 0. The molecule has 0 N–H and O–H groups in total. The standard InChI is InChI=1S/C4H10O4S.Na/c1-3-4(8-2)9(5,6)7;/h4H,3H2,1-2H3,(H,5,6,7);/q;+1/p-1. The molecule has 0 rings (SSSR count). The van der Waals surface area contributed by atoms with Crippen LogP contribution < -0.4 is 29.6 Å². The second kappa shape index (κ2) is 5.51. The van der Waals surface area contributed by atoms with E-state index in [1.165, 1.54) is 7.11 Å². The summed E-state index contributed by atoms with van der Waals surface area (Å²) in [4.78, 5) is 0. The molecule has 0 aromatic rings. The molecule has 0 aliphatic rings. The maximum absolute atomic E-state index is 10.1.